The third-order valence-corrected chi connectivity index (χ3v) is 7.75. The monoisotopic (exact) mass is 500 g/mol. The number of phenols is 1. The number of nitrogens with one attached hydrogen (secondary N) is 2. The van der Waals surface area contributed by atoms with E-state index in [-0.39, 0.29) is 17.6 Å². The summed E-state index contributed by atoms with van der Waals surface area (Å²) in [6, 6.07) is 6.91. The second-order valence-corrected chi connectivity index (χ2v) is 10.6. The number of carbonyl (C=O) groups excluding carboxylic acids is 2. The highest BCUT2D eigenvalue weighted by Gasteiger charge is 2.26. The number of ether oxygens (including phenoxy) is 1. The second kappa shape index (κ2) is 10.9. The lowest BCUT2D eigenvalue weighted by atomic mass is 9.89. The zero-order chi connectivity index (χ0) is 24.1. The highest BCUT2D eigenvalue weighted by Crippen LogP contribution is 2.41. The summed E-state index contributed by atoms with van der Waals surface area (Å²) in [7, 11) is 0. The van der Waals surface area contributed by atoms with Crippen LogP contribution in [0.15, 0.2) is 29.6 Å². The molecule has 0 radical (unpaired) electrons. The summed E-state index contributed by atoms with van der Waals surface area (Å²) in [5.41, 5.74) is 9.79. The summed E-state index contributed by atoms with van der Waals surface area (Å²) >= 11 is 3.05. The second-order valence-electron chi connectivity index (χ2n) is 8.38. The lowest BCUT2D eigenvalue weighted by Crippen LogP contribution is -2.27. The average molecular weight is 501 g/mol. The molecule has 1 aromatic carbocycles. The van der Waals surface area contributed by atoms with Gasteiger partial charge in [-0.25, -0.2) is 9.78 Å². The van der Waals surface area contributed by atoms with Gasteiger partial charge in [0.15, 0.2) is 0 Å². The molecule has 8 nitrogen and oxygen atoms in total. The van der Waals surface area contributed by atoms with Crippen LogP contribution in [-0.4, -0.2) is 28.7 Å². The molecule has 0 fully saturated rings. The van der Waals surface area contributed by atoms with Gasteiger partial charge in [-0.05, 0) is 61.8 Å². The molecule has 4 rings (SSSR count). The molecule has 1 aliphatic carbocycles. The quantitative estimate of drug-likeness (QED) is 0.363. The van der Waals surface area contributed by atoms with Crippen LogP contribution in [0, 0.1) is 12.8 Å². The fourth-order valence-corrected chi connectivity index (χ4v) is 5.88. The number of carbonyl (C=O) groups is 2. The fourth-order valence-electron chi connectivity index (χ4n) is 3.97. The largest absolute Gasteiger partial charge is 0.508 e. The maximum Gasteiger partial charge on any atom is 0.407 e. The standard InChI is InChI=1S/C24H28N4O4S2/c1-14-27-17(13-33-14)11-26-24(31)32-12-16-5-7-19-20(10-16)34-23(22(19)25)28-21(30)8-6-15-3-2-4-18(29)9-15/h2-4,9,13,16,29H,5-8,10-12,25H2,1H3,(H,26,31)(H,28,30). The number of thiophene rings is 1. The molecule has 180 valence electrons. The number of alkyl carbamates (subject to hydrolysis) is 1. The molecule has 0 aliphatic heterocycles. The Kier molecular flexibility index (Phi) is 7.69. The molecule has 0 bridgehead atoms. The summed E-state index contributed by atoms with van der Waals surface area (Å²) in [6.45, 7) is 2.62. The molecule has 0 saturated heterocycles. The maximum atomic E-state index is 12.5. The minimum Gasteiger partial charge on any atom is -0.508 e. The summed E-state index contributed by atoms with van der Waals surface area (Å²) < 4.78 is 5.42. The van der Waals surface area contributed by atoms with E-state index in [9.17, 15) is 14.7 Å². The first kappa shape index (κ1) is 24.0. The van der Waals surface area contributed by atoms with Gasteiger partial charge in [-0.3, -0.25) is 4.79 Å². The van der Waals surface area contributed by atoms with Crippen molar-refractivity contribution in [3.63, 3.8) is 0 Å². The van der Waals surface area contributed by atoms with Crippen LogP contribution in [0.5, 0.6) is 5.75 Å². The molecular weight excluding hydrogens is 472 g/mol. The molecule has 1 unspecified atom stereocenters. The van der Waals surface area contributed by atoms with Gasteiger partial charge in [0.25, 0.3) is 0 Å². The number of aryl methyl sites for hydroxylation is 2. The highest BCUT2D eigenvalue weighted by molar-refractivity contribution is 7.17. The fraction of sp³-hybridized carbons (Fsp3) is 0.375. The van der Waals surface area contributed by atoms with Crippen molar-refractivity contribution >= 4 is 45.4 Å². The first-order chi connectivity index (χ1) is 16.4. The van der Waals surface area contributed by atoms with Crippen LogP contribution in [0.3, 0.4) is 0 Å². The van der Waals surface area contributed by atoms with Crippen LogP contribution in [0.1, 0.15) is 39.5 Å². The molecule has 5 N–H and O–H groups in total. The number of hydrogen-bond acceptors (Lipinski definition) is 8. The van der Waals surface area contributed by atoms with Crippen LogP contribution in [0.25, 0.3) is 0 Å². The van der Waals surface area contributed by atoms with Crippen LogP contribution in [-0.2, 0) is 35.3 Å². The molecule has 0 saturated carbocycles. The first-order valence-electron chi connectivity index (χ1n) is 11.2. The van der Waals surface area contributed by atoms with Crippen molar-refractivity contribution in [2.75, 3.05) is 17.7 Å². The van der Waals surface area contributed by atoms with E-state index in [1.165, 1.54) is 11.3 Å². The Labute approximate surface area is 206 Å². The zero-order valence-corrected chi connectivity index (χ0v) is 20.6. The SMILES string of the molecule is Cc1nc(CNC(=O)OCC2CCc3c(sc(NC(=O)CCc4cccc(O)c4)c3N)C2)cs1. The van der Waals surface area contributed by atoms with E-state index >= 15 is 0 Å². The average Bonchev–Trinajstić information content (AvgIpc) is 3.37. The molecule has 0 spiro atoms. The van der Waals surface area contributed by atoms with Gasteiger partial charge in [0.1, 0.15) is 10.8 Å². The number of rotatable bonds is 8. The number of fused-ring (bicyclic) bond motifs is 1. The predicted molar refractivity (Wildman–Crippen MR) is 134 cm³/mol. The van der Waals surface area contributed by atoms with Crippen LogP contribution in [0.4, 0.5) is 15.5 Å². The predicted octanol–water partition coefficient (Wildman–Crippen LogP) is 4.40. The van der Waals surface area contributed by atoms with Gasteiger partial charge >= 0.3 is 6.09 Å². The number of aromatic hydroxyl groups is 1. The van der Waals surface area contributed by atoms with Gasteiger partial charge in [0, 0.05) is 16.7 Å². The van der Waals surface area contributed by atoms with Gasteiger partial charge in [-0.15, -0.1) is 22.7 Å². The number of nitrogen functional groups attached to an aromatic ring is 1. The Morgan fingerprint density at radius 1 is 1.35 bits per heavy atom. The van der Waals surface area contributed by atoms with Gasteiger partial charge in [0.2, 0.25) is 5.91 Å². The number of nitrogens with two attached hydrogens (primary N) is 1. The minimum absolute atomic E-state index is 0.111. The molecule has 2 heterocycles. The molecule has 34 heavy (non-hydrogen) atoms. The van der Waals surface area contributed by atoms with Crippen molar-refractivity contribution in [3.05, 3.63) is 56.4 Å². The number of thiazole rings is 1. The van der Waals surface area contributed by atoms with Crippen molar-refractivity contribution in [2.45, 2.75) is 45.6 Å². The normalized spacial score (nSPS) is 14.9. The number of aromatic nitrogens is 1. The molecule has 3 aromatic rings. The highest BCUT2D eigenvalue weighted by atomic mass is 32.1. The smallest absolute Gasteiger partial charge is 0.407 e. The Morgan fingerprint density at radius 3 is 2.97 bits per heavy atom. The Morgan fingerprint density at radius 2 is 2.21 bits per heavy atom. The summed E-state index contributed by atoms with van der Waals surface area (Å²) in [5, 5.41) is 18.8. The Hall–Kier alpha value is -3.11. The molecular formula is C24H28N4O4S2. The van der Waals surface area contributed by atoms with Crippen molar-refractivity contribution in [1.29, 1.82) is 0 Å². The van der Waals surface area contributed by atoms with E-state index in [0.717, 1.165) is 46.0 Å². The Balaban J connectivity index is 1.24. The van der Waals surface area contributed by atoms with Crippen molar-refractivity contribution in [2.24, 2.45) is 5.92 Å². The lowest BCUT2D eigenvalue weighted by molar-refractivity contribution is -0.116. The van der Waals surface area contributed by atoms with Crippen molar-refractivity contribution < 1.29 is 19.4 Å². The molecule has 10 heteroatoms. The number of benzene rings is 1. The molecule has 2 aromatic heterocycles. The third kappa shape index (κ3) is 6.27. The zero-order valence-electron chi connectivity index (χ0n) is 18.9. The number of phenolic OH excluding ortho intramolecular Hbond substituents is 1. The third-order valence-electron chi connectivity index (χ3n) is 5.74. The van der Waals surface area contributed by atoms with E-state index in [1.54, 1.807) is 29.5 Å². The summed E-state index contributed by atoms with van der Waals surface area (Å²) in [6.07, 6.45) is 2.83. The number of hydrogen-bond donors (Lipinski definition) is 4. The van der Waals surface area contributed by atoms with E-state index in [1.807, 2.05) is 18.4 Å². The first-order valence-corrected chi connectivity index (χ1v) is 12.9. The summed E-state index contributed by atoms with van der Waals surface area (Å²) in [5.74, 6) is 0.297. The molecule has 1 aliphatic rings. The Bertz CT molecular complexity index is 1170. The molecule has 1 atom stereocenters. The van der Waals surface area contributed by atoms with E-state index in [0.29, 0.717) is 36.7 Å². The topological polar surface area (TPSA) is 127 Å². The van der Waals surface area contributed by atoms with E-state index in [4.69, 9.17) is 10.5 Å². The van der Waals surface area contributed by atoms with Crippen LogP contribution in [0.2, 0.25) is 0 Å². The van der Waals surface area contributed by atoms with Crippen LogP contribution >= 0.6 is 22.7 Å². The minimum atomic E-state index is -0.443. The summed E-state index contributed by atoms with van der Waals surface area (Å²) in [4.78, 5) is 29.9. The van der Waals surface area contributed by atoms with E-state index in [2.05, 4.69) is 15.6 Å². The van der Waals surface area contributed by atoms with Crippen molar-refractivity contribution in [1.82, 2.24) is 10.3 Å². The maximum absolute atomic E-state index is 12.5. The van der Waals surface area contributed by atoms with E-state index < -0.39 is 6.09 Å². The van der Waals surface area contributed by atoms with Crippen LogP contribution < -0.4 is 16.4 Å². The van der Waals surface area contributed by atoms with Gasteiger partial charge in [-0.2, -0.15) is 0 Å². The van der Waals surface area contributed by atoms with Gasteiger partial charge < -0.3 is 26.2 Å². The molecule has 2 amide bonds. The number of amides is 2. The lowest BCUT2D eigenvalue weighted by Gasteiger charge is -2.22. The van der Waals surface area contributed by atoms with Crippen molar-refractivity contribution in [3.8, 4) is 5.75 Å². The number of nitrogens with zero attached hydrogens (tertiary/aromatic N) is 1. The van der Waals surface area contributed by atoms with Gasteiger partial charge in [0.05, 0.1) is 29.5 Å². The van der Waals surface area contributed by atoms with Gasteiger partial charge in [-0.1, -0.05) is 12.1 Å². The number of anilines is 2.